The van der Waals surface area contributed by atoms with Crippen LogP contribution in [0.5, 0.6) is 17.2 Å². The largest absolute Gasteiger partial charge is 0.497 e. The fraction of sp³-hybridized carbons (Fsp3) is 0.107. The molecular weight excluding hydrogens is 471 g/mol. The Bertz CT molecular complexity index is 1220. The van der Waals surface area contributed by atoms with Gasteiger partial charge >= 0.3 is 0 Å². The minimum atomic E-state index is -0.195. The van der Waals surface area contributed by atoms with E-state index in [1.54, 1.807) is 57.7 Å². The Morgan fingerprint density at radius 2 is 1.32 bits per heavy atom. The Balaban J connectivity index is 1.89. The van der Waals surface area contributed by atoms with E-state index in [0.717, 1.165) is 28.0 Å². The van der Waals surface area contributed by atoms with Gasteiger partial charge in [0.2, 0.25) is 0 Å². The van der Waals surface area contributed by atoms with Gasteiger partial charge in [-0.1, -0.05) is 53.6 Å². The van der Waals surface area contributed by atoms with E-state index < -0.39 is 0 Å². The zero-order chi connectivity index (χ0) is 24.5. The third-order valence-corrected chi connectivity index (χ3v) is 5.35. The average molecular weight is 495 g/mol. The number of ketones is 1. The molecule has 0 atom stereocenters. The molecule has 0 bridgehead atoms. The highest BCUT2D eigenvalue weighted by molar-refractivity contribution is 6.34. The summed E-state index contributed by atoms with van der Waals surface area (Å²) in [5, 5.41) is 1.01. The van der Waals surface area contributed by atoms with Crippen LogP contribution in [-0.2, 0) is 4.79 Å². The fourth-order valence-electron chi connectivity index (χ4n) is 3.20. The van der Waals surface area contributed by atoms with Crippen LogP contribution in [0.4, 0.5) is 0 Å². The lowest BCUT2D eigenvalue weighted by Crippen LogP contribution is -1.94. The fourth-order valence-corrected chi connectivity index (χ4v) is 3.74. The van der Waals surface area contributed by atoms with Gasteiger partial charge in [0, 0.05) is 21.7 Å². The zero-order valence-electron chi connectivity index (χ0n) is 19.0. The molecule has 0 aromatic heterocycles. The normalized spacial score (nSPS) is 11.4. The van der Waals surface area contributed by atoms with Gasteiger partial charge in [-0.05, 0) is 71.3 Å². The molecule has 0 N–H and O–H groups in total. The summed E-state index contributed by atoms with van der Waals surface area (Å²) in [5.41, 5.74) is 3.32. The number of methoxy groups -OCH3 is 3. The lowest BCUT2D eigenvalue weighted by molar-refractivity contribution is -0.110. The standard InChI is InChI=1S/C28H24Cl2O4/c1-32-25-11-6-19(7-12-25)4-8-21-16-26(33-2)18-28(34-3)27(21)13-10-24(31)9-5-20-14-22(29)17-23(30)15-20/h4-18H,1-3H3/b8-4+,9-5+,13-10+. The van der Waals surface area contributed by atoms with Gasteiger partial charge in [0.05, 0.1) is 21.3 Å². The summed E-state index contributed by atoms with van der Waals surface area (Å²) in [5.74, 6) is 1.82. The third kappa shape index (κ3) is 7.01. The predicted octanol–water partition coefficient (Wildman–Crippen LogP) is 7.49. The van der Waals surface area contributed by atoms with E-state index in [1.807, 2.05) is 42.5 Å². The molecule has 3 rings (SSSR count). The van der Waals surface area contributed by atoms with Crippen molar-refractivity contribution >= 4 is 53.3 Å². The Morgan fingerprint density at radius 1 is 0.676 bits per heavy atom. The number of rotatable bonds is 9. The van der Waals surface area contributed by atoms with Crippen molar-refractivity contribution in [2.45, 2.75) is 0 Å². The van der Waals surface area contributed by atoms with E-state index in [1.165, 1.54) is 12.2 Å². The smallest absolute Gasteiger partial charge is 0.178 e. The first-order valence-corrected chi connectivity index (χ1v) is 11.1. The van der Waals surface area contributed by atoms with Gasteiger partial charge < -0.3 is 14.2 Å². The number of hydrogen-bond donors (Lipinski definition) is 0. The van der Waals surface area contributed by atoms with Crippen LogP contribution >= 0.6 is 23.2 Å². The lowest BCUT2D eigenvalue weighted by Gasteiger charge is -2.11. The summed E-state index contributed by atoms with van der Waals surface area (Å²) in [6.07, 6.45) is 10.2. The molecular formula is C28H24Cl2O4. The highest BCUT2D eigenvalue weighted by Crippen LogP contribution is 2.31. The van der Waals surface area contributed by atoms with E-state index in [2.05, 4.69) is 0 Å². The third-order valence-electron chi connectivity index (χ3n) is 4.91. The number of benzene rings is 3. The number of carbonyl (C=O) groups is 1. The molecule has 4 nitrogen and oxygen atoms in total. The molecule has 0 aliphatic carbocycles. The second-order valence-corrected chi connectivity index (χ2v) is 8.08. The zero-order valence-corrected chi connectivity index (χ0v) is 20.6. The van der Waals surface area contributed by atoms with Crippen LogP contribution in [0, 0.1) is 0 Å². The highest BCUT2D eigenvalue weighted by atomic mass is 35.5. The number of carbonyl (C=O) groups excluding carboxylic acids is 1. The quantitative estimate of drug-likeness (QED) is 0.228. The Kier molecular flexibility index (Phi) is 8.97. The molecule has 0 saturated carbocycles. The molecule has 0 heterocycles. The number of allylic oxidation sites excluding steroid dienone is 2. The average Bonchev–Trinajstić information content (AvgIpc) is 2.84. The van der Waals surface area contributed by atoms with Crippen LogP contribution in [0.3, 0.4) is 0 Å². The topological polar surface area (TPSA) is 44.8 Å². The molecule has 0 amide bonds. The minimum Gasteiger partial charge on any atom is -0.497 e. The summed E-state index contributed by atoms with van der Waals surface area (Å²) in [7, 11) is 4.80. The van der Waals surface area contributed by atoms with Crippen molar-refractivity contribution in [1.29, 1.82) is 0 Å². The minimum absolute atomic E-state index is 0.195. The molecule has 34 heavy (non-hydrogen) atoms. The van der Waals surface area contributed by atoms with Gasteiger partial charge in [-0.3, -0.25) is 4.79 Å². The molecule has 3 aromatic rings. The number of hydrogen-bond acceptors (Lipinski definition) is 4. The maximum Gasteiger partial charge on any atom is 0.178 e. The van der Waals surface area contributed by atoms with E-state index >= 15 is 0 Å². The van der Waals surface area contributed by atoms with Crippen molar-refractivity contribution < 1.29 is 19.0 Å². The van der Waals surface area contributed by atoms with Crippen LogP contribution in [0.25, 0.3) is 24.3 Å². The van der Waals surface area contributed by atoms with Gasteiger partial charge in [-0.15, -0.1) is 0 Å². The van der Waals surface area contributed by atoms with Gasteiger partial charge in [0.25, 0.3) is 0 Å². The SMILES string of the molecule is COc1ccc(/C=C/c2cc(OC)cc(OC)c2/C=C/C(=O)/C=C/c2cc(Cl)cc(Cl)c2)cc1. The molecule has 0 fully saturated rings. The van der Waals surface area contributed by atoms with Crippen molar-refractivity contribution in [2.75, 3.05) is 21.3 Å². The Morgan fingerprint density at radius 3 is 1.94 bits per heavy atom. The lowest BCUT2D eigenvalue weighted by atomic mass is 10.0. The summed E-state index contributed by atoms with van der Waals surface area (Å²) < 4.78 is 16.2. The van der Waals surface area contributed by atoms with Crippen molar-refractivity contribution in [3.05, 3.63) is 99.0 Å². The van der Waals surface area contributed by atoms with Crippen LogP contribution in [0.15, 0.2) is 66.7 Å². The maximum atomic E-state index is 12.5. The Labute approximate surface area is 209 Å². The maximum absolute atomic E-state index is 12.5. The molecule has 0 unspecified atom stereocenters. The molecule has 0 radical (unpaired) electrons. The first-order chi connectivity index (χ1) is 16.4. The molecule has 6 heteroatoms. The van der Waals surface area contributed by atoms with Gasteiger partial charge in [0.15, 0.2) is 5.78 Å². The molecule has 3 aromatic carbocycles. The first kappa shape index (κ1) is 25.2. The van der Waals surface area contributed by atoms with Crippen molar-refractivity contribution in [3.63, 3.8) is 0 Å². The van der Waals surface area contributed by atoms with Gasteiger partial charge in [0.1, 0.15) is 17.2 Å². The first-order valence-electron chi connectivity index (χ1n) is 10.4. The molecule has 0 aliphatic heterocycles. The van der Waals surface area contributed by atoms with Crippen molar-refractivity contribution in [2.24, 2.45) is 0 Å². The van der Waals surface area contributed by atoms with Gasteiger partial charge in [-0.25, -0.2) is 0 Å². The van der Waals surface area contributed by atoms with Gasteiger partial charge in [-0.2, -0.15) is 0 Å². The molecule has 174 valence electrons. The summed E-state index contributed by atoms with van der Waals surface area (Å²) in [6.45, 7) is 0. The monoisotopic (exact) mass is 494 g/mol. The molecule has 0 saturated heterocycles. The second kappa shape index (κ2) is 12.1. The summed E-state index contributed by atoms with van der Waals surface area (Å²) in [6, 6.07) is 16.5. The molecule has 0 spiro atoms. The van der Waals surface area contributed by atoms with Crippen molar-refractivity contribution in [3.8, 4) is 17.2 Å². The number of halogens is 2. The van der Waals surface area contributed by atoms with Crippen LogP contribution in [0.1, 0.15) is 22.3 Å². The van der Waals surface area contributed by atoms with Crippen LogP contribution in [0.2, 0.25) is 10.0 Å². The van der Waals surface area contributed by atoms with Crippen LogP contribution in [-0.4, -0.2) is 27.1 Å². The summed E-state index contributed by atoms with van der Waals surface area (Å²) in [4.78, 5) is 12.5. The van der Waals surface area contributed by atoms with E-state index in [9.17, 15) is 4.79 Å². The Hall–Kier alpha value is -3.47. The summed E-state index contributed by atoms with van der Waals surface area (Å²) >= 11 is 12.0. The van der Waals surface area contributed by atoms with E-state index in [4.69, 9.17) is 37.4 Å². The predicted molar refractivity (Wildman–Crippen MR) is 141 cm³/mol. The van der Waals surface area contributed by atoms with E-state index in [0.29, 0.717) is 21.5 Å². The van der Waals surface area contributed by atoms with Crippen molar-refractivity contribution in [1.82, 2.24) is 0 Å². The number of ether oxygens (including phenoxy) is 3. The highest BCUT2D eigenvalue weighted by Gasteiger charge is 2.09. The second-order valence-electron chi connectivity index (χ2n) is 7.21. The van der Waals surface area contributed by atoms with E-state index in [-0.39, 0.29) is 5.78 Å². The molecule has 0 aliphatic rings. The van der Waals surface area contributed by atoms with Crippen LogP contribution < -0.4 is 14.2 Å².